The van der Waals surface area contributed by atoms with E-state index in [1.165, 1.54) is 43.5 Å². The van der Waals surface area contributed by atoms with Gasteiger partial charge in [0, 0.05) is 18.4 Å². The molecule has 0 radical (unpaired) electrons. The number of hydrogen-bond acceptors (Lipinski definition) is 6. The van der Waals surface area contributed by atoms with E-state index >= 15 is 0 Å². The molecule has 31 heavy (non-hydrogen) atoms. The standard InChI is InChI=1S/C21H18ClFN4O4/c1-3-18(29)20(21(30)31-15-8-6-7-14(22)11-15)27(13(2)28)19-12-26(25-24-19)17-10-5-4-9-16(17)23/h4-12,20H,3H2,1-2H3. The fraction of sp³-hybridized carbons (Fsp3) is 0.190. The largest absolute Gasteiger partial charge is 0.425 e. The lowest BCUT2D eigenvalue weighted by Crippen LogP contribution is -2.51. The molecule has 0 N–H and O–H groups in total. The molecule has 0 aliphatic rings. The molecule has 3 rings (SSSR count). The van der Waals surface area contributed by atoms with E-state index in [1.54, 1.807) is 25.1 Å². The van der Waals surface area contributed by atoms with Gasteiger partial charge in [0.15, 0.2) is 17.6 Å². The van der Waals surface area contributed by atoms with Crippen molar-refractivity contribution in [2.75, 3.05) is 4.90 Å². The fourth-order valence-corrected chi connectivity index (χ4v) is 3.05. The van der Waals surface area contributed by atoms with E-state index in [4.69, 9.17) is 16.3 Å². The van der Waals surface area contributed by atoms with Crippen LogP contribution in [0.5, 0.6) is 5.75 Å². The van der Waals surface area contributed by atoms with E-state index < -0.39 is 29.5 Å². The van der Waals surface area contributed by atoms with Crippen LogP contribution in [0.4, 0.5) is 10.2 Å². The maximum Gasteiger partial charge on any atom is 0.342 e. The monoisotopic (exact) mass is 444 g/mol. The number of carbonyl (C=O) groups is 3. The number of nitrogens with zero attached hydrogens (tertiary/aromatic N) is 4. The first-order valence-electron chi connectivity index (χ1n) is 9.28. The van der Waals surface area contributed by atoms with Gasteiger partial charge >= 0.3 is 5.97 Å². The molecule has 10 heteroatoms. The van der Waals surface area contributed by atoms with Crippen LogP contribution in [-0.2, 0) is 14.4 Å². The minimum atomic E-state index is -1.60. The molecule has 0 saturated carbocycles. The number of para-hydroxylation sites is 1. The Hall–Kier alpha value is -3.59. The van der Waals surface area contributed by atoms with Crippen molar-refractivity contribution in [1.82, 2.24) is 15.0 Å². The molecular weight excluding hydrogens is 427 g/mol. The number of carbonyl (C=O) groups excluding carboxylic acids is 3. The normalized spacial score (nSPS) is 11.6. The van der Waals surface area contributed by atoms with E-state index in [9.17, 15) is 18.8 Å². The molecule has 2 aromatic carbocycles. The molecule has 0 aliphatic heterocycles. The van der Waals surface area contributed by atoms with Crippen LogP contribution in [0.3, 0.4) is 0 Å². The summed E-state index contributed by atoms with van der Waals surface area (Å²) in [7, 11) is 0. The highest BCUT2D eigenvalue weighted by Gasteiger charge is 2.38. The quantitative estimate of drug-likeness (QED) is 0.315. The third-order valence-electron chi connectivity index (χ3n) is 4.32. The average molecular weight is 445 g/mol. The lowest BCUT2D eigenvalue weighted by Gasteiger charge is -2.25. The van der Waals surface area contributed by atoms with Gasteiger partial charge in [-0.25, -0.2) is 13.9 Å². The summed E-state index contributed by atoms with van der Waals surface area (Å²) in [6, 6.07) is 10.3. The fourth-order valence-electron chi connectivity index (χ4n) is 2.87. The predicted molar refractivity (Wildman–Crippen MR) is 111 cm³/mol. The molecule has 1 aromatic heterocycles. The number of aromatic nitrogens is 3. The van der Waals surface area contributed by atoms with Crippen LogP contribution >= 0.6 is 11.6 Å². The molecular formula is C21H18ClFN4O4. The van der Waals surface area contributed by atoms with Crippen molar-refractivity contribution < 1.29 is 23.5 Å². The van der Waals surface area contributed by atoms with Gasteiger partial charge < -0.3 is 4.74 Å². The maximum atomic E-state index is 14.1. The summed E-state index contributed by atoms with van der Waals surface area (Å²) in [4.78, 5) is 38.8. The van der Waals surface area contributed by atoms with Crippen LogP contribution in [0.1, 0.15) is 20.3 Å². The highest BCUT2D eigenvalue weighted by atomic mass is 35.5. The molecule has 3 aromatic rings. The van der Waals surface area contributed by atoms with Gasteiger partial charge in [-0.2, -0.15) is 0 Å². The van der Waals surface area contributed by atoms with Gasteiger partial charge in [-0.3, -0.25) is 14.5 Å². The molecule has 1 heterocycles. The minimum absolute atomic E-state index is 0.0411. The third kappa shape index (κ3) is 4.95. The Morgan fingerprint density at radius 3 is 2.58 bits per heavy atom. The number of esters is 1. The molecule has 0 fully saturated rings. The summed E-state index contributed by atoms with van der Waals surface area (Å²) >= 11 is 5.91. The lowest BCUT2D eigenvalue weighted by molar-refractivity contribution is -0.141. The molecule has 1 amide bonds. The molecule has 160 valence electrons. The average Bonchev–Trinajstić information content (AvgIpc) is 3.20. The number of rotatable bonds is 7. The van der Waals surface area contributed by atoms with Crippen molar-refractivity contribution >= 4 is 35.1 Å². The van der Waals surface area contributed by atoms with Gasteiger partial charge in [-0.1, -0.05) is 41.9 Å². The number of Topliss-reactive ketones (excluding diaryl/α,β-unsaturated/α-hetero) is 1. The van der Waals surface area contributed by atoms with Crippen LogP contribution in [0.15, 0.2) is 54.7 Å². The first kappa shape index (κ1) is 22.1. The van der Waals surface area contributed by atoms with Crippen molar-refractivity contribution in [3.63, 3.8) is 0 Å². The maximum absolute atomic E-state index is 14.1. The summed E-state index contributed by atoms with van der Waals surface area (Å²) in [5.41, 5.74) is 0.0876. The zero-order chi connectivity index (χ0) is 22.5. The zero-order valence-corrected chi connectivity index (χ0v) is 17.4. The van der Waals surface area contributed by atoms with Crippen molar-refractivity contribution in [2.24, 2.45) is 0 Å². The van der Waals surface area contributed by atoms with Gasteiger partial charge in [0.1, 0.15) is 17.3 Å². The SMILES string of the molecule is CCC(=O)C(C(=O)Oc1cccc(Cl)c1)N(C(C)=O)c1cn(-c2ccccc2F)nn1. The number of amides is 1. The number of anilines is 1. The number of halogens is 2. The summed E-state index contributed by atoms with van der Waals surface area (Å²) in [5.74, 6) is -2.74. The summed E-state index contributed by atoms with van der Waals surface area (Å²) < 4.78 is 20.5. The van der Waals surface area contributed by atoms with E-state index in [-0.39, 0.29) is 23.7 Å². The Labute approximate surface area is 182 Å². The Kier molecular flexibility index (Phi) is 6.76. The van der Waals surface area contributed by atoms with Gasteiger partial charge in [0.25, 0.3) is 0 Å². The molecule has 0 aliphatic carbocycles. The molecule has 1 unspecified atom stereocenters. The van der Waals surface area contributed by atoms with Crippen LogP contribution in [0.2, 0.25) is 5.02 Å². The topological polar surface area (TPSA) is 94.4 Å². The zero-order valence-electron chi connectivity index (χ0n) is 16.7. The summed E-state index contributed by atoms with van der Waals surface area (Å²) in [6.45, 7) is 2.72. The minimum Gasteiger partial charge on any atom is -0.425 e. The highest BCUT2D eigenvalue weighted by Crippen LogP contribution is 2.22. The van der Waals surface area contributed by atoms with Crippen molar-refractivity contribution in [3.05, 3.63) is 65.6 Å². The second-order valence-corrected chi connectivity index (χ2v) is 6.90. The number of ether oxygens (including phenoxy) is 1. The van der Waals surface area contributed by atoms with E-state index in [0.717, 1.165) is 9.58 Å². The Balaban J connectivity index is 1.97. The van der Waals surface area contributed by atoms with Crippen molar-refractivity contribution in [1.29, 1.82) is 0 Å². The Morgan fingerprint density at radius 2 is 1.94 bits per heavy atom. The number of hydrogen-bond donors (Lipinski definition) is 0. The van der Waals surface area contributed by atoms with Gasteiger partial charge in [0.05, 0.1) is 6.20 Å². The first-order chi connectivity index (χ1) is 14.8. The summed E-state index contributed by atoms with van der Waals surface area (Å²) in [5, 5.41) is 8.02. The number of ketones is 1. The van der Waals surface area contributed by atoms with Crippen molar-refractivity contribution in [2.45, 2.75) is 26.3 Å². The Morgan fingerprint density at radius 1 is 1.19 bits per heavy atom. The Bertz CT molecular complexity index is 1130. The molecule has 0 spiro atoms. The first-order valence-corrected chi connectivity index (χ1v) is 9.66. The van der Waals surface area contributed by atoms with E-state index in [2.05, 4.69) is 10.3 Å². The smallest absolute Gasteiger partial charge is 0.342 e. The second kappa shape index (κ2) is 9.48. The van der Waals surface area contributed by atoms with Crippen LogP contribution < -0.4 is 9.64 Å². The van der Waals surface area contributed by atoms with Gasteiger partial charge in [0.2, 0.25) is 5.91 Å². The molecule has 1 atom stereocenters. The molecule has 0 saturated heterocycles. The van der Waals surface area contributed by atoms with E-state index in [1.807, 2.05) is 0 Å². The van der Waals surface area contributed by atoms with Gasteiger partial charge in [-0.05, 0) is 30.3 Å². The van der Waals surface area contributed by atoms with E-state index in [0.29, 0.717) is 5.02 Å². The van der Waals surface area contributed by atoms with Crippen LogP contribution in [0, 0.1) is 5.82 Å². The molecule has 0 bridgehead atoms. The van der Waals surface area contributed by atoms with Crippen molar-refractivity contribution in [3.8, 4) is 11.4 Å². The molecule has 8 nitrogen and oxygen atoms in total. The highest BCUT2D eigenvalue weighted by molar-refractivity contribution is 6.30. The van der Waals surface area contributed by atoms with Crippen LogP contribution in [-0.4, -0.2) is 38.7 Å². The van der Waals surface area contributed by atoms with Gasteiger partial charge in [-0.15, -0.1) is 5.10 Å². The third-order valence-corrected chi connectivity index (χ3v) is 4.55. The number of benzene rings is 2. The lowest BCUT2D eigenvalue weighted by atomic mass is 10.1. The predicted octanol–water partition coefficient (Wildman–Crippen LogP) is 3.37. The summed E-state index contributed by atoms with van der Waals surface area (Å²) in [6.07, 6.45) is 1.21. The second-order valence-electron chi connectivity index (χ2n) is 6.46. The van der Waals surface area contributed by atoms with Crippen LogP contribution in [0.25, 0.3) is 5.69 Å².